The highest BCUT2D eigenvalue weighted by molar-refractivity contribution is 7.09. The van der Waals surface area contributed by atoms with E-state index >= 15 is 0 Å². The molecule has 1 saturated heterocycles. The second kappa shape index (κ2) is 6.75. The van der Waals surface area contributed by atoms with Crippen LogP contribution in [-0.2, 0) is 13.0 Å². The van der Waals surface area contributed by atoms with Crippen LogP contribution in [0.4, 0.5) is 0 Å². The van der Waals surface area contributed by atoms with Crippen molar-refractivity contribution in [2.75, 3.05) is 6.54 Å². The van der Waals surface area contributed by atoms with Gasteiger partial charge in [-0.3, -0.25) is 4.90 Å². The molecule has 0 aromatic carbocycles. The van der Waals surface area contributed by atoms with Crippen LogP contribution < -0.4 is 0 Å². The van der Waals surface area contributed by atoms with E-state index in [1.54, 1.807) is 0 Å². The highest BCUT2D eigenvalue weighted by Gasteiger charge is 2.24. The van der Waals surface area contributed by atoms with Gasteiger partial charge in [-0.1, -0.05) is 17.6 Å². The second-order valence-electron chi connectivity index (χ2n) is 6.04. The fourth-order valence-electron chi connectivity index (χ4n) is 3.29. The first-order chi connectivity index (χ1) is 10.2. The van der Waals surface area contributed by atoms with E-state index in [1.165, 1.54) is 49.1 Å². The van der Waals surface area contributed by atoms with Crippen LogP contribution in [-0.4, -0.2) is 22.6 Å². The van der Waals surface area contributed by atoms with Crippen molar-refractivity contribution in [3.63, 3.8) is 0 Å². The SMILES string of the molecule is Cc1noc(C)c1CN1CCCC[C@@H]1CCc1cccs1. The average molecular weight is 304 g/mol. The van der Waals surface area contributed by atoms with E-state index in [9.17, 15) is 0 Å². The molecule has 114 valence electrons. The van der Waals surface area contributed by atoms with Gasteiger partial charge in [0.1, 0.15) is 5.76 Å². The van der Waals surface area contributed by atoms with Gasteiger partial charge < -0.3 is 4.52 Å². The zero-order valence-corrected chi connectivity index (χ0v) is 13.8. The molecular weight excluding hydrogens is 280 g/mol. The lowest BCUT2D eigenvalue weighted by molar-refractivity contribution is 0.132. The zero-order chi connectivity index (χ0) is 14.7. The maximum atomic E-state index is 5.32. The maximum absolute atomic E-state index is 5.32. The zero-order valence-electron chi connectivity index (χ0n) is 13.0. The van der Waals surface area contributed by atoms with Gasteiger partial charge in [-0.2, -0.15) is 0 Å². The van der Waals surface area contributed by atoms with Gasteiger partial charge in [0.2, 0.25) is 0 Å². The first-order valence-electron chi connectivity index (χ1n) is 7.92. The number of nitrogens with zero attached hydrogens (tertiary/aromatic N) is 2. The van der Waals surface area contributed by atoms with Gasteiger partial charge in [-0.15, -0.1) is 11.3 Å². The monoisotopic (exact) mass is 304 g/mol. The molecule has 0 aliphatic carbocycles. The van der Waals surface area contributed by atoms with Crippen molar-refractivity contribution in [2.24, 2.45) is 0 Å². The van der Waals surface area contributed by atoms with Gasteiger partial charge in [-0.25, -0.2) is 0 Å². The Balaban J connectivity index is 1.64. The first-order valence-corrected chi connectivity index (χ1v) is 8.80. The Labute approximate surface area is 130 Å². The van der Waals surface area contributed by atoms with Crippen molar-refractivity contribution in [1.29, 1.82) is 0 Å². The van der Waals surface area contributed by atoms with Gasteiger partial charge in [0.05, 0.1) is 5.69 Å². The molecule has 0 amide bonds. The minimum Gasteiger partial charge on any atom is -0.361 e. The topological polar surface area (TPSA) is 29.3 Å². The Kier molecular flexibility index (Phi) is 4.76. The summed E-state index contributed by atoms with van der Waals surface area (Å²) >= 11 is 1.88. The van der Waals surface area contributed by atoms with Crippen LogP contribution >= 0.6 is 11.3 Å². The second-order valence-corrected chi connectivity index (χ2v) is 7.07. The van der Waals surface area contributed by atoms with Gasteiger partial charge in [0.15, 0.2) is 0 Å². The van der Waals surface area contributed by atoms with Crippen LogP contribution in [0.15, 0.2) is 22.0 Å². The molecule has 3 rings (SSSR count). The van der Waals surface area contributed by atoms with Crippen molar-refractivity contribution in [1.82, 2.24) is 10.1 Å². The molecule has 1 aliphatic heterocycles. The Hall–Kier alpha value is -1.13. The number of rotatable bonds is 5. The number of likely N-dealkylation sites (tertiary alicyclic amines) is 1. The molecule has 1 aliphatic rings. The van der Waals surface area contributed by atoms with Crippen LogP contribution in [0.3, 0.4) is 0 Å². The highest BCUT2D eigenvalue weighted by atomic mass is 32.1. The molecular formula is C17H24N2OS. The fraction of sp³-hybridized carbons (Fsp3) is 0.588. The van der Waals surface area contributed by atoms with E-state index in [-0.39, 0.29) is 0 Å². The molecule has 3 heterocycles. The number of hydrogen-bond donors (Lipinski definition) is 0. The third kappa shape index (κ3) is 3.55. The third-order valence-corrected chi connectivity index (χ3v) is 5.53. The molecule has 0 spiro atoms. The minimum atomic E-state index is 0.703. The first kappa shape index (κ1) is 14.8. The summed E-state index contributed by atoms with van der Waals surface area (Å²) in [6, 6.07) is 5.11. The molecule has 2 aromatic rings. The highest BCUT2D eigenvalue weighted by Crippen LogP contribution is 2.26. The normalized spacial score (nSPS) is 20.0. The molecule has 0 bridgehead atoms. The molecule has 1 atom stereocenters. The minimum absolute atomic E-state index is 0.703. The number of aromatic nitrogens is 1. The molecule has 0 unspecified atom stereocenters. The van der Waals surface area contributed by atoms with Crippen LogP contribution in [0.2, 0.25) is 0 Å². The Bertz CT molecular complexity index is 542. The molecule has 3 nitrogen and oxygen atoms in total. The smallest absolute Gasteiger partial charge is 0.138 e. The lowest BCUT2D eigenvalue weighted by atomic mass is 9.96. The molecule has 0 saturated carbocycles. The van der Waals surface area contributed by atoms with Crippen molar-refractivity contribution >= 4 is 11.3 Å². The van der Waals surface area contributed by atoms with Crippen LogP contribution in [0.5, 0.6) is 0 Å². The fourth-order valence-corrected chi connectivity index (χ4v) is 4.01. The standard InChI is InChI=1S/C17H24N2OS/c1-13-17(14(2)20-18-13)12-19-10-4-3-6-15(19)8-9-16-7-5-11-21-16/h5,7,11,15H,3-4,6,8-10,12H2,1-2H3/t15-/m1/s1. The summed E-state index contributed by atoms with van der Waals surface area (Å²) in [5.74, 6) is 0.982. The summed E-state index contributed by atoms with van der Waals surface area (Å²) in [5.41, 5.74) is 2.34. The third-order valence-electron chi connectivity index (χ3n) is 4.60. The van der Waals surface area contributed by atoms with Crippen LogP contribution in [0.1, 0.15) is 47.6 Å². The molecule has 0 N–H and O–H groups in total. The number of hydrogen-bond acceptors (Lipinski definition) is 4. The number of aryl methyl sites for hydroxylation is 3. The predicted octanol–water partition coefficient (Wildman–Crippen LogP) is 4.34. The summed E-state index contributed by atoms with van der Waals surface area (Å²) in [7, 11) is 0. The van der Waals surface area contributed by atoms with Gasteiger partial charge in [-0.05, 0) is 57.5 Å². The van der Waals surface area contributed by atoms with E-state index in [2.05, 4.69) is 34.5 Å². The number of piperidine rings is 1. The van der Waals surface area contributed by atoms with E-state index in [0.717, 1.165) is 18.0 Å². The summed E-state index contributed by atoms with van der Waals surface area (Å²) in [6.45, 7) is 6.28. The van der Waals surface area contributed by atoms with E-state index < -0.39 is 0 Å². The molecule has 4 heteroatoms. The lowest BCUT2D eigenvalue weighted by Crippen LogP contribution is -2.39. The summed E-state index contributed by atoms with van der Waals surface area (Å²) in [6.07, 6.45) is 6.49. The van der Waals surface area contributed by atoms with E-state index in [0.29, 0.717) is 6.04 Å². The van der Waals surface area contributed by atoms with Crippen LogP contribution in [0, 0.1) is 13.8 Å². The number of thiophene rings is 1. The van der Waals surface area contributed by atoms with Crippen molar-refractivity contribution in [3.8, 4) is 0 Å². The van der Waals surface area contributed by atoms with Gasteiger partial charge in [0, 0.05) is 23.0 Å². The van der Waals surface area contributed by atoms with Crippen molar-refractivity contribution < 1.29 is 4.52 Å². The largest absolute Gasteiger partial charge is 0.361 e. The molecule has 0 radical (unpaired) electrons. The lowest BCUT2D eigenvalue weighted by Gasteiger charge is -2.35. The molecule has 1 fully saturated rings. The van der Waals surface area contributed by atoms with Gasteiger partial charge in [0.25, 0.3) is 0 Å². The molecule has 21 heavy (non-hydrogen) atoms. The van der Waals surface area contributed by atoms with Gasteiger partial charge >= 0.3 is 0 Å². The predicted molar refractivity (Wildman–Crippen MR) is 86.7 cm³/mol. The molecule has 2 aromatic heterocycles. The quantitative estimate of drug-likeness (QED) is 0.823. The summed E-state index contributed by atoms with van der Waals surface area (Å²) in [5, 5.41) is 6.27. The Morgan fingerprint density at radius 2 is 2.29 bits per heavy atom. The van der Waals surface area contributed by atoms with Crippen molar-refractivity contribution in [2.45, 2.75) is 58.5 Å². The average Bonchev–Trinajstić information content (AvgIpc) is 3.11. The van der Waals surface area contributed by atoms with E-state index in [4.69, 9.17) is 4.52 Å². The summed E-state index contributed by atoms with van der Waals surface area (Å²) in [4.78, 5) is 4.15. The summed E-state index contributed by atoms with van der Waals surface area (Å²) < 4.78 is 5.32. The Morgan fingerprint density at radius 3 is 3.00 bits per heavy atom. The van der Waals surface area contributed by atoms with Crippen molar-refractivity contribution in [3.05, 3.63) is 39.4 Å². The van der Waals surface area contributed by atoms with Crippen LogP contribution in [0.25, 0.3) is 0 Å². The van der Waals surface area contributed by atoms with E-state index in [1.807, 2.05) is 18.3 Å². The maximum Gasteiger partial charge on any atom is 0.138 e. The Morgan fingerprint density at radius 1 is 1.38 bits per heavy atom.